The number of halogens is 1. The lowest BCUT2D eigenvalue weighted by Crippen LogP contribution is -2.12. The van der Waals surface area contributed by atoms with Crippen molar-refractivity contribution in [3.05, 3.63) is 37.7 Å². The molecule has 2 aromatic rings. The number of furan rings is 1. The molecule has 1 amide bonds. The number of thiophene rings is 1. The quantitative estimate of drug-likeness (QED) is 0.468. The van der Waals surface area contributed by atoms with Gasteiger partial charge in [0.05, 0.1) is 11.8 Å². The van der Waals surface area contributed by atoms with Crippen LogP contribution in [-0.2, 0) is 12.8 Å². The summed E-state index contributed by atoms with van der Waals surface area (Å²) in [4.78, 5) is 17.5. The topological polar surface area (TPSA) is 68.6 Å². The Morgan fingerprint density at radius 1 is 1.33 bits per heavy atom. The van der Waals surface area contributed by atoms with Gasteiger partial charge in [0.2, 0.25) is 0 Å². The van der Waals surface area contributed by atoms with Gasteiger partial charge < -0.3 is 10.2 Å². The summed E-state index contributed by atoms with van der Waals surface area (Å²) in [5.74, 6) is 0.300. The van der Waals surface area contributed by atoms with Crippen LogP contribution in [0.15, 0.2) is 21.5 Å². The molecule has 110 valence electrons. The number of aryl methyl sites for hydroxylation is 1. The first-order valence-corrected chi connectivity index (χ1v) is 8.78. The predicted molar refractivity (Wildman–Crippen MR) is 92.8 cm³/mol. The maximum atomic E-state index is 11.8. The normalized spacial score (nSPS) is 15.1. The molecule has 21 heavy (non-hydrogen) atoms. The van der Waals surface area contributed by atoms with Crippen molar-refractivity contribution < 1.29 is 9.21 Å². The summed E-state index contributed by atoms with van der Waals surface area (Å²) < 4.78 is 6.26. The smallest absolute Gasteiger partial charge is 0.252 e. The van der Waals surface area contributed by atoms with Gasteiger partial charge in [-0.1, -0.05) is 6.42 Å². The lowest BCUT2D eigenvalue weighted by atomic mass is 10.1. The van der Waals surface area contributed by atoms with Crippen LogP contribution in [0, 0.1) is 3.77 Å². The molecule has 2 N–H and O–H groups in total. The summed E-state index contributed by atoms with van der Waals surface area (Å²) in [6.07, 6.45) is 7.10. The fraction of sp³-hybridized carbons (Fsp3) is 0.333. The highest BCUT2D eigenvalue weighted by Gasteiger charge is 2.22. The van der Waals surface area contributed by atoms with E-state index in [1.807, 2.05) is 12.1 Å². The Labute approximate surface area is 140 Å². The van der Waals surface area contributed by atoms with Crippen molar-refractivity contribution in [2.45, 2.75) is 32.1 Å². The number of carbonyl (C=O) groups is 1. The van der Waals surface area contributed by atoms with E-state index >= 15 is 0 Å². The Hall–Kier alpha value is -1.15. The Morgan fingerprint density at radius 2 is 2.14 bits per heavy atom. The molecule has 0 saturated heterocycles. The van der Waals surface area contributed by atoms with Gasteiger partial charge in [0, 0.05) is 4.88 Å². The number of carbonyl (C=O) groups excluding carboxylic acids is 1. The van der Waals surface area contributed by atoms with Crippen LogP contribution >= 0.6 is 33.9 Å². The van der Waals surface area contributed by atoms with Crippen molar-refractivity contribution >= 4 is 51.1 Å². The number of primary amides is 1. The number of rotatable bonds is 3. The van der Waals surface area contributed by atoms with E-state index in [0.717, 1.165) is 28.6 Å². The molecule has 1 aliphatic rings. The molecular weight excluding hydrogens is 399 g/mol. The van der Waals surface area contributed by atoms with E-state index in [1.165, 1.54) is 17.7 Å². The molecule has 0 radical (unpaired) electrons. The van der Waals surface area contributed by atoms with E-state index < -0.39 is 0 Å². The molecule has 2 heterocycles. The van der Waals surface area contributed by atoms with E-state index in [9.17, 15) is 4.79 Å². The number of aliphatic imine (C=N–C) groups is 1. The van der Waals surface area contributed by atoms with E-state index in [4.69, 9.17) is 10.2 Å². The molecule has 0 unspecified atom stereocenters. The van der Waals surface area contributed by atoms with Gasteiger partial charge in [-0.15, -0.1) is 11.3 Å². The van der Waals surface area contributed by atoms with Crippen LogP contribution in [0.2, 0.25) is 0 Å². The SMILES string of the molecule is NC(=O)c1c(N=Cc2ccc(I)o2)sc2c1CCCCC2. The summed E-state index contributed by atoms with van der Waals surface area (Å²) in [6, 6.07) is 3.73. The molecule has 0 aliphatic heterocycles. The minimum absolute atomic E-state index is 0.379. The van der Waals surface area contributed by atoms with Gasteiger partial charge in [0.1, 0.15) is 10.8 Å². The Balaban J connectivity index is 1.98. The Morgan fingerprint density at radius 3 is 2.86 bits per heavy atom. The predicted octanol–water partition coefficient (Wildman–Crippen LogP) is 4.06. The Kier molecular flexibility index (Phi) is 4.44. The number of hydrogen-bond donors (Lipinski definition) is 1. The standard InChI is InChI=1S/C15H15IN2O2S/c16-12-7-6-9(20-12)8-18-15-13(14(17)19)10-4-2-1-3-5-11(10)21-15/h6-8H,1-5H2,(H2,17,19). The van der Waals surface area contributed by atoms with Gasteiger partial charge in [-0.3, -0.25) is 4.79 Å². The molecule has 1 aliphatic carbocycles. The number of hydrogen-bond acceptors (Lipinski definition) is 4. The minimum atomic E-state index is -0.379. The third kappa shape index (κ3) is 3.21. The van der Waals surface area contributed by atoms with Gasteiger partial charge in [0.15, 0.2) is 3.77 Å². The second-order valence-electron chi connectivity index (χ2n) is 5.01. The average Bonchev–Trinajstić information content (AvgIpc) is 2.93. The molecule has 3 rings (SSSR count). The van der Waals surface area contributed by atoms with Crippen LogP contribution in [0.4, 0.5) is 5.00 Å². The molecule has 0 saturated carbocycles. The zero-order chi connectivity index (χ0) is 14.8. The van der Waals surface area contributed by atoms with E-state index in [2.05, 4.69) is 27.6 Å². The number of nitrogens with two attached hydrogens (primary N) is 1. The van der Waals surface area contributed by atoms with Gasteiger partial charge in [-0.25, -0.2) is 4.99 Å². The highest BCUT2D eigenvalue weighted by molar-refractivity contribution is 14.1. The highest BCUT2D eigenvalue weighted by atomic mass is 127. The lowest BCUT2D eigenvalue weighted by Gasteiger charge is -2.00. The van der Waals surface area contributed by atoms with E-state index in [-0.39, 0.29) is 5.91 Å². The molecular formula is C15H15IN2O2S. The number of fused-ring (bicyclic) bond motifs is 1. The van der Waals surface area contributed by atoms with Gasteiger partial charge in [-0.2, -0.15) is 0 Å². The van der Waals surface area contributed by atoms with Crippen LogP contribution in [0.25, 0.3) is 0 Å². The monoisotopic (exact) mass is 414 g/mol. The molecule has 0 fully saturated rings. The second kappa shape index (κ2) is 6.31. The van der Waals surface area contributed by atoms with Crippen molar-refractivity contribution in [2.75, 3.05) is 0 Å². The molecule has 2 aromatic heterocycles. The number of nitrogens with zero attached hydrogens (tertiary/aromatic N) is 1. The van der Waals surface area contributed by atoms with Crippen molar-refractivity contribution in [2.24, 2.45) is 10.7 Å². The largest absolute Gasteiger partial charge is 0.449 e. The molecule has 0 spiro atoms. The third-order valence-electron chi connectivity index (χ3n) is 3.55. The summed E-state index contributed by atoms with van der Waals surface area (Å²) in [5, 5.41) is 0.709. The first-order chi connectivity index (χ1) is 10.1. The summed E-state index contributed by atoms with van der Waals surface area (Å²) in [6.45, 7) is 0. The zero-order valence-corrected chi connectivity index (χ0v) is 14.4. The van der Waals surface area contributed by atoms with Crippen molar-refractivity contribution in [1.82, 2.24) is 0 Å². The molecule has 0 bridgehead atoms. The van der Waals surface area contributed by atoms with Crippen LogP contribution in [0.1, 0.15) is 45.8 Å². The highest BCUT2D eigenvalue weighted by Crippen LogP contribution is 2.38. The van der Waals surface area contributed by atoms with E-state index in [0.29, 0.717) is 16.3 Å². The third-order valence-corrected chi connectivity index (χ3v) is 5.33. The van der Waals surface area contributed by atoms with E-state index in [1.54, 1.807) is 17.6 Å². The minimum Gasteiger partial charge on any atom is -0.449 e. The van der Waals surface area contributed by atoms with Crippen LogP contribution in [0.5, 0.6) is 0 Å². The van der Waals surface area contributed by atoms with Gasteiger partial charge in [-0.05, 0) is 66.0 Å². The first-order valence-electron chi connectivity index (χ1n) is 6.89. The number of amides is 1. The van der Waals surface area contributed by atoms with Crippen LogP contribution < -0.4 is 5.73 Å². The summed E-state index contributed by atoms with van der Waals surface area (Å²) in [5.41, 5.74) is 7.30. The lowest BCUT2D eigenvalue weighted by molar-refractivity contribution is 0.100. The first kappa shape index (κ1) is 14.8. The molecule has 0 aromatic carbocycles. The van der Waals surface area contributed by atoms with Crippen molar-refractivity contribution in [3.8, 4) is 0 Å². The van der Waals surface area contributed by atoms with Crippen molar-refractivity contribution in [1.29, 1.82) is 0 Å². The fourth-order valence-corrected chi connectivity index (χ4v) is 4.27. The van der Waals surface area contributed by atoms with Gasteiger partial charge >= 0.3 is 0 Å². The molecule has 4 nitrogen and oxygen atoms in total. The summed E-state index contributed by atoms with van der Waals surface area (Å²) in [7, 11) is 0. The Bertz CT molecular complexity index is 703. The van der Waals surface area contributed by atoms with Crippen molar-refractivity contribution in [3.63, 3.8) is 0 Å². The zero-order valence-electron chi connectivity index (χ0n) is 11.4. The van der Waals surface area contributed by atoms with Gasteiger partial charge in [0.25, 0.3) is 5.91 Å². The van der Waals surface area contributed by atoms with Crippen LogP contribution in [0.3, 0.4) is 0 Å². The average molecular weight is 414 g/mol. The fourth-order valence-electron chi connectivity index (χ4n) is 2.59. The van der Waals surface area contributed by atoms with Crippen LogP contribution in [-0.4, -0.2) is 12.1 Å². The maximum Gasteiger partial charge on any atom is 0.252 e. The summed E-state index contributed by atoms with van der Waals surface area (Å²) >= 11 is 3.69. The maximum absolute atomic E-state index is 11.8. The molecule has 6 heteroatoms. The molecule has 0 atom stereocenters. The second-order valence-corrected chi connectivity index (χ2v) is 7.16.